The first-order chi connectivity index (χ1) is 47.9. The molecule has 3 unspecified atom stereocenters. The number of hydrogen-bond acceptors (Lipinski definition) is 15. The summed E-state index contributed by atoms with van der Waals surface area (Å²) in [5.41, 5.74) is 0. The van der Waals surface area contributed by atoms with Gasteiger partial charge in [0.25, 0.3) is 0 Å². The van der Waals surface area contributed by atoms with Crippen LogP contribution in [0.3, 0.4) is 0 Å². The summed E-state index contributed by atoms with van der Waals surface area (Å²) in [6.07, 6.45) is 60.9. The van der Waals surface area contributed by atoms with Crippen molar-refractivity contribution in [3.8, 4) is 0 Å². The maximum absolute atomic E-state index is 13.1. The number of phosphoric acid groups is 2. The van der Waals surface area contributed by atoms with Gasteiger partial charge in [-0.2, -0.15) is 0 Å². The van der Waals surface area contributed by atoms with Crippen molar-refractivity contribution in [2.75, 3.05) is 39.6 Å². The summed E-state index contributed by atoms with van der Waals surface area (Å²) in [5, 5.41) is 10.6. The van der Waals surface area contributed by atoms with Gasteiger partial charge >= 0.3 is 39.5 Å². The fraction of sp³-hybridized carbons (Fsp3) is 0.950. The lowest BCUT2D eigenvalue weighted by atomic mass is 9.99. The zero-order valence-electron chi connectivity index (χ0n) is 64.8. The lowest BCUT2D eigenvalue weighted by Gasteiger charge is -2.21. The number of carbonyl (C=O) groups excluding carboxylic acids is 4. The minimum Gasteiger partial charge on any atom is -0.462 e. The van der Waals surface area contributed by atoms with E-state index in [2.05, 4.69) is 41.5 Å². The van der Waals surface area contributed by atoms with E-state index in [1.54, 1.807) is 0 Å². The van der Waals surface area contributed by atoms with Crippen molar-refractivity contribution < 1.29 is 80.2 Å². The Balaban J connectivity index is 5.22. The van der Waals surface area contributed by atoms with E-state index in [0.717, 1.165) is 102 Å². The molecule has 0 aliphatic carbocycles. The minimum absolute atomic E-state index is 0.108. The van der Waals surface area contributed by atoms with Crippen molar-refractivity contribution in [2.45, 2.75) is 439 Å². The molecule has 0 aliphatic rings. The van der Waals surface area contributed by atoms with Gasteiger partial charge in [-0.15, -0.1) is 0 Å². The summed E-state index contributed by atoms with van der Waals surface area (Å²) < 4.78 is 68.7. The van der Waals surface area contributed by atoms with Crippen LogP contribution in [0.25, 0.3) is 0 Å². The quantitative estimate of drug-likeness (QED) is 0.0222. The normalized spacial score (nSPS) is 14.2. The van der Waals surface area contributed by atoms with Crippen LogP contribution in [-0.2, 0) is 65.4 Å². The molecule has 99 heavy (non-hydrogen) atoms. The Kier molecular flexibility index (Phi) is 70.3. The van der Waals surface area contributed by atoms with Crippen molar-refractivity contribution in [3.63, 3.8) is 0 Å². The zero-order chi connectivity index (χ0) is 72.8. The van der Waals surface area contributed by atoms with Crippen LogP contribution in [0.2, 0.25) is 0 Å². The average Bonchev–Trinajstić information content (AvgIpc) is 1.07. The number of hydrogen-bond donors (Lipinski definition) is 3. The molecule has 0 aliphatic heterocycles. The van der Waals surface area contributed by atoms with Gasteiger partial charge < -0.3 is 33.8 Å². The smallest absolute Gasteiger partial charge is 0.462 e. The molecule has 0 amide bonds. The first-order valence-electron chi connectivity index (χ1n) is 41.5. The summed E-state index contributed by atoms with van der Waals surface area (Å²) in [6, 6.07) is 0. The van der Waals surface area contributed by atoms with Gasteiger partial charge in [-0.1, -0.05) is 369 Å². The molecular formula is C80H156O17P2. The molecule has 0 aromatic heterocycles. The molecule has 0 aromatic carbocycles. The highest BCUT2D eigenvalue weighted by Crippen LogP contribution is 2.45. The SMILES string of the molecule is CCCCCCCCCCCCCCCCC(=O)O[C@H](COC(=O)CCCCCCCCCCCC)COP(=O)(O)OC[C@H](O)COP(=O)(O)OC[C@@H](COC(=O)CCCCCCCCCCCCC(C)CC)OC(=O)CCCCCCCCCCCCCCCCCCCCC(C)C. The van der Waals surface area contributed by atoms with Crippen LogP contribution < -0.4 is 0 Å². The van der Waals surface area contributed by atoms with Crippen LogP contribution in [0.15, 0.2) is 0 Å². The zero-order valence-corrected chi connectivity index (χ0v) is 66.6. The Labute approximate surface area is 607 Å². The second-order valence-corrected chi connectivity index (χ2v) is 32.4. The summed E-state index contributed by atoms with van der Waals surface area (Å²) in [7, 11) is -9.92. The number of aliphatic hydroxyl groups excluding tert-OH is 1. The summed E-state index contributed by atoms with van der Waals surface area (Å²) >= 11 is 0. The largest absolute Gasteiger partial charge is 0.472 e. The summed E-state index contributed by atoms with van der Waals surface area (Å²) in [4.78, 5) is 73.0. The summed E-state index contributed by atoms with van der Waals surface area (Å²) in [5.74, 6) is -0.479. The first-order valence-corrected chi connectivity index (χ1v) is 44.5. The van der Waals surface area contributed by atoms with E-state index in [1.807, 2.05) is 0 Å². The van der Waals surface area contributed by atoms with Crippen LogP contribution in [0.5, 0.6) is 0 Å². The molecule has 0 saturated carbocycles. The van der Waals surface area contributed by atoms with Crippen molar-refractivity contribution in [1.82, 2.24) is 0 Å². The molecular weight excluding hydrogens is 1290 g/mol. The van der Waals surface area contributed by atoms with Crippen molar-refractivity contribution in [2.24, 2.45) is 11.8 Å². The van der Waals surface area contributed by atoms with E-state index in [-0.39, 0.29) is 25.7 Å². The fourth-order valence-electron chi connectivity index (χ4n) is 12.3. The van der Waals surface area contributed by atoms with E-state index >= 15 is 0 Å². The van der Waals surface area contributed by atoms with Crippen LogP contribution in [0, 0.1) is 11.8 Å². The minimum atomic E-state index is -4.96. The third-order valence-electron chi connectivity index (χ3n) is 19.1. The molecule has 0 radical (unpaired) electrons. The van der Waals surface area contributed by atoms with Gasteiger partial charge in [0.2, 0.25) is 0 Å². The molecule has 17 nitrogen and oxygen atoms in total. The van der Waals surface area contributed by atoms with Crippen LogP contribution in [-0.4, -0.2) is 96.7 Å². The Morgan fingerprint density at radius 1 is 0.293 bits per heavy atom. The van der Waals surface area contributed by atoms with Crippen molar-refractivity contribution in [1.29, 1.82) is 0 Å². The standard InChI is InChI=1S/C80H156O17P2/c1-7-10-12-14-16-18-20-21-29-32-40-46-52-58-64-79(84)96-75(68-90-77(82)62-56-50-44-38-19-17-15-13-11-8-2)70-94-98(86,87)92-66-74(81)67-93-99(88,89)95-71-76(69-91-78(83)63-57-51-45-39-35-34-37-43-49-55-61-73(6)9-3)97-80(85)65-59-53-47-41-33-30-27-25-23-22-24-26-28-31-36-42-48-54-60-72(4)5/h72-76,81H,7-71H2,1-6H3,(H,86,87)(H,88,89)/t73?,74-,75+,76+/m0/s1. The second kappa shape index (κ2) is 71.7. The van der Waals surface area contributed by atoms with Crippen LogP contribution >= 0.6 is 15.6 Å². The molecule has 0 saturated heterocycles. The molecule has 3 N–H and O–H groups in total. The number of ether oxygens (including phenoxy) is 4. The number of rotatable bonds is 79. The lowest BCUT2D eigenvalue weighted by Crippen LogP contribution is -2.30. The van der Waals surface area contributed by atoms with Gasteiger partial charge in [-0.3, -0.25) is 37.3 Å². The predicted octanol–water partition coefficient (Wildman–Crippen LogP) is 23.9. The fourth-order valence-corrected chi connectivity index (χ4v) is 13.9. The Morgan fingerprint density at radius 2 is 0.515 bits per heavy atom. The van der Waals surface area contributed by atoms with Gasteiger partial charge in [0.05, 0.1) is 26.4 Å². The van der Waals surface area contributed by atoms with Gasteiger partial charge in [0.15, 0.2) is 12.2 Å². The maximum Gasteiger partial charge on any atom is 0.472 e. The highest BCUT2D eigenvalue weighted by atomic mass is 31.2. The molecule has 6 atom stereocenters. The predicted molar refractivity (Wildman–Crippen MR) is 405 cm³/mol. The highest BCUT2D eigenvalue weighted by Gasteiger charge is 2.30. The third-order valence-corrected chi connectivity index (χ3v) is 21.0. The number of aliphatic hydroxyl groups is 1. The summed E-state index contributed by atoms with van der Waals surface area (Å²) in [6.45, 7) is 9.69. The third kappa shape index (κ3) is 72.8. The molecule has 0 heterocycles. The van der Waals surface area contributed by atoms with Gasteiger partial charge in [0.1, 0.15) is 19.3 Å². The van der Waals surface area contributed by atoms with Gasteiger partial charge in [-0.05, 0) is 37.5 Å². The molecule has 19 heteroatoms. The van der Waals surface area contributed by atoms with E-state index in [0.29, 0.717) is 25.7 Å². The Bertz CT molecular complexity index is 1910. The number of carbonyl (C=O) groups is 4. The van der Waals surface area contributed by atoms with Crippen LogP contribution in [0.1, 0.15) is 420 Å². The topological polar surface area (TPSA) is 237 Å². The van der Waals surface area contributed by atoms with E-state index in [1.165, 1.54) is 238 Å². The molecule has 0 aromatic rings. The number of unbranched alkanes of at least 4 members (excludes halogenated alkanes) is 48. The molecule has 0 fully saturated rings. The first kappa shape index (κ1) is 97.1. The number of phosphoric ester groups is 2. The van der Waals surface area contributed by atoms with Gasteiger partial charge in [0, 0.05) is 25.7 Å². The average molecular weight is 1450 g/mol. The van der Waals surface area contributed by atoms with E-state index in [9.17, 15) is 43.2 Å². The Hall–Kier alpha value is -1.94. The highest BCUT2D eigenvalue weighted by molar-refractivity contribution is 7.47. The maximum atomic E-state index is 13.1. The Morgan fingerprint density at radius 3 is 0.768 bits per heavy atom. The van der Waals surface area contributed by atoms with E-state index < -0.39 is 97.5 Å². The van der Waals surface area contributed by atoms with E-state index in [4.69, 9.17) is 37.0 Å². The molecule has 0 spiro atoms. The molecule has 0 bridgehead atoms. The lowest BCUT2D eigenvalue weighted by molar-refractivity contribution is -0.161. The second-order valence-electron chi connectivity index (χ2n) is 29.5. The monoisotopic (exact) mass is 1450 g/mol. The molecule has 0 rings (SSSR count). The van der Waals surface area contributed by atoms with Gasteiger partial charge in [-0.25, -0.2) is 9.13 Å². The van der Waals surface area contributed by atoms with Crippen LogP contribution in [0.4, 0.5) is 0 Å². The van der Waals surface area contributed by atoms with Crippen molar-refractivity contribution in [3.05, 3.63) is 0 Å². The molecule has 588 valence electrons. The number of esters is 4. The van der Waals surface area contributed by atoms with Crippen molar-refractivity contribution >= 4 is 39.5 Å².